The van der Waals surface area contributed by atoms with Gasteiger partial charge in [0.2, 0.25) is 5.91 Å². The van der Waals surface area contributed by atoms with Crippen molar-refractivity contribution < 1.29 is 19.1 Å². The van der Waals surface area contributed by atoms with Gasteiger partial charge in [-0.05, 0) is 54.9 Å². The fourth-order valence-electron chi connectivity index (χ4n) is 4.71. The van der Waals surface area contributed by atoms with Crippen LogP contribution in [0.2, 0.25) is 0 Å². The Morgan fingerprint density at radius 2 is 1.79 bits per heavy atom. The minimum atomic E-state index is -0.465. The summed E-state index contributed by atoms with van der Waals surface area (Å²) in [4.78, 5) is 44.2. The van der Waals surface area contributed by atoms with Gasteiger partial charge in [-0.2, -0.15) is 11.3 Å². The fourth-order valence-corrected chi connectivity index (χ4v) is 5.36. The summed E-state index contributed by atoms with van der Waals surface area (Å²) in [5.41, 5.74) is 5.22. The molecule has 0 bridgehead atoms. The largest absolute Gasteiger partial charge is 0.465 e. The van der Waals surface area contributed by atoms with Gasteiger partial charge in [0.1, 0.15) is 0 Å². The zero-order chi connectivity index (χ0) is 27.5. The number of methoxy groups -OCH3 is 1. The number of amides is 2. The molecule has 9 nitrogen and oxygen atoms in total. The second kappa shape index (κ2) is 11.4. The van der Waals surface area contributed by atoms with Gasteiger partial charge in [0, 0.05) is 61.1 Å². The van der Waals surface area contributed by atoms with Crippen molar-refractivity contribution in [2.45, 2.75) is 0 Å². The Balaban J connectivity index is 1.38. The van der Waals surface area contributed by atoms with Crippen LogP contribution >= 0.6 is 11.3 Å². The van der Waals surface area contributed by atoms with Crippen molar-refractivity contribution in [1.82, 2.24) is 9.80 Å². The van der Waals surface area contributed by atoms with E-state index in [1.165, 1.54) is 18.4 Å². The van der Waals surface area contributed by atoms with Crippen molar-refractivity contribution in [1.29, 1.82) is 0 Å². The highest BCUT2D eigenvalue weighted by Gasteiger charge is 2.29. The van der Waals surface area contributed by atoms with E-state index in [1.54, 1.807) is 30.1 Å². The molecule has 1 saturated heterocycles. The minimum absolute atomic E-state index is 0.0481. The molecule has 3 heterocycles. The molecule has 0 radical (unpaired) electrons. The molecule has 3 aromatic rings. The van der Waals surface area contributed by atoms with Crippen molar-refractivity contribution >= 4 is 57.5 Å². The van der Waals surface area contributed by atoms with Gasteiger partial charge in [0.05, 0.1) is 36.2 Å². The molecule has 0 spiro atoms. The maximum atomic E-state index is 13.1. The Labute approximate surface area is 231 Å². The number of hydrogen-bond acceptors (Lipinski definition) is 8. The third-order valence-electron chi connectivity index (χ3n) is 7.10. The molecule has 0 unspecified atom stereocenters. The maximum absolute atomic E-state index is 13.1. The number of thiophene rings is 1. The summed E-state index contributed by atoms with van der Waals surface area (Å²) >= 11 is 1.54. The molecule has 202 valence electrons. The van der Waals surface area contributed by atoms with Gasteiger partial charge in [0.15, 0.2) is 0 Å². The lowest BCUT2D eigenvalue weighted by Gasteiger charge is -2.32. The minimum Gasteiger partial charge on any atom is -0.465 e. The number of fused-ring (bicyclic) bond motifs is 1. The summed E-state index contributed by atoms with van der Waals surface area (Å²) in [6.45, 7) is 4.10. The summed E-state index contributed by atoms with van der Waals surface area (Å²) in [5, 5.41) is 10.2. The molecule has 1 fully saturated rings. The Bertz CT molecular complexity index is 1410. The number of nitrogens with zero attached hydrogens (tertiary/aromatic N) is 3. The number of piperazine rings is 1. The molecule has 2 amide bonds. The Hall–Kier alpha value is -3.99. The molecular formula is C29H31N5O4S. The summed E-state index contributed by atoms with van der Waals surface area (Å²) in [6, 6.07) is 14.6. The van der Waals surface area contributed by atoms with Crippen molar-refractivity contribution in [2.75, 3.05) is 69.5 Å². The number of likely N-dealkylation sites (N-methyl/N-ethyl adjacent to an activating group) is 2. The highest BCUT2D eigenvalue weighted by atomic mass is 32.1. The molecular weight excluding hydrogens is 514 g/mol. The van der Waals surface area contributed by atoms with Crippen LogP contribution in [0.1, 0.15) is 21.5 Å². The van der Waals surface area contributed by atoms with Crippen molar-refractivity contribution in [3.05, 3.63) is 76.0 Å². The van der Waals surface area contributed by atoms with Crippen LogP contribution in [0, 0.1) is 0 Å². The second-order valence-electron chi connectivity index (χ2n) is 9.67. The van der Waals surface area contributed by atoms with Gasteiger partial charge in [-0.1, -0.05) is 6.07 Å². The van der Waals surface area contributed by atoms with Gasteiger partial charge in [-0.15, -0.1) is 0 Å². The van der Waals surface area contributed by atoms with Crippen LogP contribution in [-0.4, -0.2) is 81.5 Å². The highest BCUT2D eigenvalue weighted by molar-refractivity contribution is 7.08. The first-order valence-corrected chi connectivity index (χ1v) is 13.6. The molecule has 2 aliphatic heterocycles. The normalized spacial score (nSPS) is 16.8. The molecule has 5 rings (SSSR count). The molecule has 10 heteroatoms. The van der Waals surface area contributed by atoms with E-state index in [2.05, 4.69) is 27.5 Å². The average Bonchev–Trinajstić information content (AvgIpc) is 3.60. The van der Waals surface area contributed by atoms with Crippen molar-refractivity contribution in [3.63, 3.8) is 0 Å². The Kier molecular flexibility index (Phi) is 7.78. The van der Waals surface area contributed by atoms with Gasteiger partial charge in [0.25, 0.3) is 5.91 Å². The summed E-state index contributed by atoms with van der Waals surface area (Å²) in [7, 11) is 5.21. The molecule has 2 aromatic carbocycles. The number of carbonyl (C=O) groups is 3. The van der Waals surface area contributed by atoms with Crippen LogP contribution in [0.25, 0.3) is 11.3 Å². The van der Waals surface area contributed by atoms with Crippen molar-refractivity contribution in [2.24, 2.45) is 0 Å². The predicted octanol–water partition coefficient (Wildman–Crippen LogP) is 3.68. The zero-order valence-corrected chi connectivity index (χ0v) is 23.0. The van der Waals surface area contributed by atoms with Gasteiger partial charge < -0.3 is 25.2 Å². The molecule has 0 saturated carbocycles. The number of carbonyl (C=O) groups excluding carboxylic acids is 3. The van der Waals surface area contributed by atoms with Crippen molar-refractivity contribution in [3.8, 4) is 0 Å². The monoisotopic (exact) mass is 545 g/mol. The fraction of sp³-hybridized carbons (Fsp3) is 0.276. The lowest BCUT2D eigenvalue weighted by Crippen LogP contribution is -2.48. The quantitative estimate of drug-likeness (QED) is 0.346. The SMILES string of the molecule is COC(=O)c1ccc2c(c1)NC(=O)/C2=C(\Nc1ccc(N(C)C(=O)CN2CCN(C)CC2)cc1)c1ccsc1. The lowest BCUT2D eigenvalue weighted by molar-refractivity contribution is -0.119. The van der Waals surface area contributed by atoms with E-state index in [-0.39, 0.29) is 11.8 Å². The summed E-state index contributed by atoms with van der Waals surface area (Å²) < 4.78 is 4.81. The smallest absolute Gasteiger partial charge is 0.337 e. The predicted molar refractivity (Wildman–Crippen MR) is 155 cm³/mol. The van der Waals surface area contributed by atoms with Gasteiger partial charge in [-0.3, -0.25) is 14.5 Å². The van der Waals surface area contributed by atoms with E-state index in [0.29, 0.717) is 34.6 Å². The van der Waals surface area contributed by atoms with Crippen LogP contribution < -0.4 is 15.5 Å². The molecule has 2 aliphatic rings. The van der Waals surface area contributed by atoms with Crippen LogP contribution in [0.3, 0.4) is 0 Å². The number of anilines is 3. The number of rotatable bonds is 7. The molecule has 39 heavy (non-hydrogen) atoms. The van der Waals surface area contributed by atoms with Gasteiger partial charge >= 0.3 is 5.97 Å². The van der Waals surface area contributed by atoms with E-state index in [4.69, 9.17) is 4.74 Å². The topological polar surface area (TPSA) is 94.2 Å². The van der Waals surface area contributed by atoms with Crippen LogP contribution in [0.15, 0.2) is 59.3 Å². The zero-order valence-electron chi connectivity index (χ0n) is 22.2. The van der Waals surface area contributed by atoms with Crippen LogP contribution in [0.5, 0.6) is 0 Å². The summed E-state index contributed by atoms with van der Waals surface area (Å²) in [5.74, 6) is -0.675. The first kappa shape index (κ1) is 26.6. The summed E-state index contributed by atoms with van der Waals surface area (Å²) in [6.07, 6.45) is 0. The van der Waals surface area contributed by atoms with E-state index in [9.17, 15) is 14.4 Å². The number of ether oxygens (including phenoxy) is 1. The molecule has 2 N–H and O–H groups in total. The van der Waals surface area contributed by atoms with Crippen LogP contribution in [-0.2, 0) is 14.3 Å². The second-order valence-corrected chi connectivity index (χ2v) is 10.5. The lowest BCUT2D eigenvalue weighted by atomic mass is 10.00. The Morgan fingerprint density at radius 3 is 2.46 bits per heavy atom. The number of hydrogen-bond donors (Lipinski definition) is 2. The molecule has 1 aromatic heterocycles. The standard InChI is InChI=1S/C29H31N5O4S/c1-32-11-13-34(14-12-32)17-25(35)33(2)22-7-5-21(6-8-22)30-27(20-10-15-39-18-20)26-23-9-4-19(29(37)38-3)16-24(23)31-28(26)36/h4-10,15-16,18,30H,11-14,17H2,1-3H3,(H,31,36)/b27-26-. The van der Waals surface area contributed by atoms with Crippen LogP contribution in [0.4, 0.5) is 17.1 Å². The number of benzene rings is 2. The molecule has 0 aliphatic carbocycles. The first-order chi connectivity index (χ1) is 18.8. The third-order valence-corrected chi connectivity index (χ3v) is 7.78. The van der Waals surface area contributed by atoms with E-state index in [0.717, 1.165) is 43.1 Å². The average molecular weight is 546 g/mol. The van der Waals surface area contributed by atoms with E-state index in [1.807, 2.05) is 41.1 Å². The first-order valence-electron chi connectivity index (χ1n) is 12.7. The maximum Gasteiger partial charge on any atom is 0.337 e. The van der Waals surface area contributed by atoms with Gasteiger partial charge in [-0.25, -0.2) is 4.79 Å². The Morgan fingerprint density at radius 1 is 1.05 bits per heavy atom. The third kappa shape index (κ3) is 5.73. The van der Waals surface area contributed by atoms with E-state index >= 15 is 0 Å². The van der Waals surface area contributed by atoms with E-state index < -0.39 is 5.97 Å². The number of nitrogens with one attached hydrogen (secondary N) is 2. The molecule has 0 atom stereocenters. The number of esters is 1. The highest BCUT2D eigenvalue weighted by Crippen LogP contribution is 2.38.